The van der Waals surface area contributed by atoms with Gasteiger partial charge in [-0.1, -0.05) is 71.7 Å². The molecule has 0 atom stereocenters. The summed E-state index contributed by atoms with van der Waals surface area (Å²) in [5.41, 5.74) is 4.23. The molecule has 7 heteroatoms. The molecule has 0 fully saturated rings. The third-order valence-corrected chi connectivity index (χ3v) is 5.48. The van der Waals surface area contributed by atoms with E-state index in [1.807, 2.05) is 65.5 Å². The topological polar surface area (TPSA) is 51.0 Å². The van der Waals surface area contributed by atoms with Gasteiger partial charge in [0.1, 0.15) is 5.15 Å². The molecule has 0 spiro atoms. The van der Waals surface area contributed by atoms with Gasteiger partial charge in [0, 0.05) is 47.7 Å². The summed E-state index contributed by atoms with van der Waals surface area (Å²) in [7, 11) is 1.76. The van der Waals surface area contributed by atoms with Crippen LogP contribution in [0.15, 0.2) is 79.1 Å². The maximum atomic E-state index is 12.9. The maximum Gasteiger partial charge on any atom is 0.254 e. The highest BCUT2D eigenvalue weighted by atomic mass is 35.5. The molecule has 0 aliphatic rings. The van der Waals surface area contributed by atoms with E-state index in [0.717, 1.165) is 22.4 Å². The van der Waals surface area contributed by atoms with Gasteiger partial charge in [-0.3, -0.25) is 9.48 Å². The van der Waals surface area contributed by atoms with E-state index >= 15 is 0 Å². The van der Waals surface area contributed by atoms with Gasteiger partial charge in [-0.15, -0.1) is 0 Å². The van der Waals surface area contributed by atoms with Crippen LogP contribution in [0.25, 0.3) is 11.3 Å². The minimum absolute atomic E-state index is 0.137. The number of halogens is 2. The molecule has 0 aliphatic heterocycles. The van der Waals surface area contributed by atoms with Gasteiger partial charge < -0.3 is 4.90 Å². The molecule has 5 nitrogen and oxygen atoms in total. The second-order valence-corrected chi connectivity index (χ2v) is 7.98. The lowest BCUT2D eigenvalue weighted by Crippen LogP contribution is -2.26. The van der Waals surface area contributed by atoms with Crippen molar-refractivity contribution in [1.82, 2.24) is 19.7 Å². The van der Waals surface area contributed by atoms with Crippen LogP contribution < -0.4 is 0 Å². The lowest BCUT2D eigenvalue weighted by Gasteiger charge is -2.17. The van der Waals surface area contributed by atoms with E-state index in [4.69, 9.17) is 28.3 Å². The molecule has 156 valence electrons. The summed E-state index contributed by atoms with van der Waals surface area (Å²) in [5, 5.41) is 5.79. The molecule has 0 N–H and O–H groups in total. The van der Waals surface area contributed by atoms with Gasteiger partial charge >= 0.3 is 0 Å². The molecule has 0 aliphatic carbocycles. The van der Waals surface area contributed by atoms with E-state index in [2.05, 4.69) is 4.98 Å². The zero-order valence-corrected chi connectivity index (χ0v) is 18.4. The van der Waals surface area contributed by atoms with Gasteiger partial charge in [0.15, 0.2) is 0 Å². The first-order chi connectivity index (χ1) is 15.0. The lowest BCUT2D eigenvalue weighted by molar-refractivity contribution is 0.0785. The Morgan fingerprint density at radius 3 is 2.48 bits per heavy atom. The minimum atomic E-state index is -0.137. The molecule has 2 aromatic heterocycles. The summed E-state index contributed by atoms with van der Waals surface area (Å²) in [6.45, 7) is 0.933. The van der Waals surface area contributed by atoms with Gasteiger partial charge in [-0.05, 0) is 23.8 Å². The van der Waals surface area contributed by atoms with Crippen LogP contribution in [-0.4, -0.2) is 32.6 Å². The molecule has 0 unspecified atom stereocenters. The fraction of sp³-hybridized carbons (Fsp3) is 0.125. The highest BCUT2D eigenvalue weighted by Gasteiger charge is 2.18. The third kappa shape index (κ3) is 4.95. The number of hydrogen-bond acceptors (Lipinski definition) is 3. The monoisotopic (exact) mass is 450 g/mol. The van der Waals surface area contributed by atoms with Gasteiger partial charge in [0.2, 0.25) is 0 Å². The van der Waals surface area contributed by atoms with Crippen LogP contribution in [0.5, 0.6) is 0 Å². The van der Waals surface area contributed by atoms with E-state index in [1.54, 1.807) is 24.1 Å². The molecule has 0 saturated heterocycles. The predicted molar refractivity (Wildman–Crippen MR) is 123 cm³/mol. The SMILES string of the molecule is CN(Cc1cn(Cc2ccccc2Cl)nc1-c1ccccc1)C(=O)c1ccnc(Cl)c1. The summed E-state index contributed by atoms with van der Waals surface area (Å²) in [5.74, 6) is -0.137. The number of nitrogens with zero attached hydrogens (tertiary/aromatic N) is 4. The smallest absolute Gasteiger partial charge is 0.254 e. The van der Waals surface area contributed by atoms with Crippen molar-refractivity contribution in [1.29, 1.82) is 0 Å². The number of rotatable bonds is 6. The van der Waals surface area contributed by atoms with Crippen LogP contribution in [0.1, 0.15) is 21.5 Å². The third-order valence-electron chi connectivity index (χ3n) is 4.90. The van der Waals surface area contributed by atoms with Gasteiger partial charge in [0.25, 0.3) is 5.91 Å². The Morgan fingerprint density at radius 2 is 1.74 bits per heavy atom. The molecule has 0 saturated carbocycles. The van der Waals surface area contributed by atoms with Crippen LogP contribution in [0.3, 0.4) is 0 Å². The average molecular weight is 451 g/mol. The average Bonchev–Trinajstić information content (AvgIpc) is 3.17. The zero-order chi connectivity index (χ0) is 21.8. The van der Waals surface area contributed by atoms with E-state index in [1.165, 1.54) is 6.20 Å². The van der Waals surface area contributed by atoms with Gasteiger partial charge in [-0.25, -0.2) is 4.98 Å². The largest absolute Gasteiger partial charge is 0.337 e. The number of pyridine rings is 1. The quantitative estimate of drug-likeness (QED) is 0.360. The molecular formula is C24H20Cl2N4O. The Labute approximate surface area is 190 Å². The van der Waals surface area contributed by atoms with Gasteiger partial charge in [-0.2, -0.15) is 5.10 Å². The first-order valence-electron chi connectivity index (χ1n) is 9.73. The van der Waals surface area contributed by atoms with E-state index in [-0.39, 0.29) is 11.1 Å². The molecule has 1 amide bonds. The van der Waals surface area contributed by atoms with E-state index in [0.29, 0.717) is 23.7 Å². The highest BCUT2D eigenvalue weighted by molar-refractivity contribution is 6.31. The van der Waals surface area contributed by atoms with Crippen molar-refractivity contribution < 1.29 is 4.79 Å². The first kappa shape index (κ1) is 21.1. The number of aromatic nitrogens is 3. The summed E-state index contributed by atoms with van der Waals surface area (Å²) in [6.07, 6.45) is 3.50. The van der Waals surface area contributed by atoms with E-state index < -0.39 is 0 Å². The Balaban J connectivity index is 1.64. The standard InChI is InChI=1S/C24H20Cl2N4O/c1-29(24(31)18-11-12-27-22(26)13-18)14-20-16-30(15-19-9-5-6-10-21(19)25)28-23(20)17-7-3-2-4-8-17/h2-13,16H,14-15H2,1H3. The summed E-state index contributed by atoms with van der Waals surface area (Å²) in [6, 6.07) is 20.9. The molecule has 4 aromatic rings. The van der Waals surface area contributed by atoms with Crippen LogP contribution in [0, 0.1) is 0 Å². The normalized spacial score (nSPS) is 10.8. The van der Waals surface area contributed by atoms with Crippen molar-refractivity contribution in [3.63, 3.8) is 0 Å². The first-order valence-corrected chi connectivity index (χ1v) is 10.5. The zero-order valence-electron chi connectivity index (χ0n) is 16.9. The number of hydrogen-bond donors (Lipinski definition) is 0. The summed E-state index contributed by atoms with van der Waals surface area (Å²) >= 11 is 12.3. The van der Waals surface area contributed by atoms with Crippen LogP contribution >= 0.6 is 23.2 Å². The Bertz CT molecular complexity index is 1210. The summed E-state index contributed by atoms with van der Waals surface area (Å²) < 4.78 is 1.86. The summed E-state index contributed by atoms with van der Waals surface area (Å²) in [4.78, 5) is 18.5. The lowest BCUT2D eigenvalue weighted by atomic mass is 10.1. The number of benzene rings is 2. The minimum Gasteiger partial charge on any atom is -0.337 e. The Morgan fingerprint density at radius 1 is 1.00 bits per heavy atom. The number of amides is 1. The molecule has 4 rings (SSSR count). The van der Waals surface area contributed by atoms with Crippen molar-refractivity contribution >= 4 is 29.1 Å². The van der Waals surface area contributed by atoms with Crippen molar-refractivity contribution in [3.05, 3.63) is 106 Å². The van der Waals surface area contributed by atoms with Crippen molar-refractivity contribution in [2.75, 3.05) is 7.05 Å². The van der Waals surface area contributed by atoms with E-state index in [9.17, 15) is 4.79 Å². The fourth-order valence-corrected chi connectivity index (χ4v) is 3.75. The van der Waals surface area contributed by atoms with Crippen molar-refractivity contribution in [2.24, 2.45) is 0 Å². The number of carbonyl (C=O) groups excluding carboxylic acids is 1. The highest BCUT2D eigenvalue weighted by Crippen LogP contribution is 2.25. The Kier molecular flexibility index (Phi) is 6.35. The van der Waals surface area contributed by atoms with Crippen LogP contribution in [0.2, 0.25) is 10.2 Å². The van der Waals surface area contributed by atoms with Gasteiger partial charge in [0.05, 0.1) is 12.2 Å². The molecule has 2 aromatic carbocycles. The predicted octanol–water partition coefficient (Wildman–Crippen LogP) is 5.57. The second-order valence-electron chi connectivity index (χ2n) is 7.19. The molecular weight excluding hydrogens is 431 g/mol. The molecule has 0 radical (unpaired) electrons. The van der Waals surface area contributed by atoms with Crippen LogP contribution in [0.4, 0.5) is 0 Å². The number of carbonyl (C=O) groups is 1. The Hall–Kier alpha value is -3.15. The maximum absolute atomic E-state index is 12.9. The van der Waals surface area contributed by atoms with Crippen molar-refractivity contribution in [2.45, 2.75) is 13.1 Å². The fourth-order valence-electron chi connectivity index (χ4n) is 3.38. The molecule has 0 bridgehead atoms. The second kappa shape index (κ2) is 9.33. The molecule has 2 heterocycles. The van der Waals surface area contributed by atoms with Crippen LogP contribution in [-0.2, 0) is 13.1 Å². The van der Waals surface area contributed by atoms with Crippen molar-refractivity contribution in [3.8, 4) is 11.3 Å². The molecule has 31 heavy (non-hydrogen) atoms.